The molecular formula is C90H144N16O32. The average Bonchev–Trinajstić information content (AvgIpc) is 0.882. The molecule has 2 aromatic rings. The van der Waals surface area contributed by atoms with Crippen LogP contribution in [0.5, 0.6) is 11.5 Å². The number of ether oxygens (including phenoxy) is 14. The minimum absolute atomic E-state index is 0.00677. The molecule has 10 unspecified atom stereocenters. The highest BCUT2D eigenvalue weighted by Gasteiger charge is 2.45. The number of nitrogens with zero attached hydrogens (tertiary/aromatic N) is 6. The lowest BCUT2D eigenvalue weighted by molar-refractivity contribution is -0.251. The maximum absolute atomic E-state index is 13.5. The van der Waals surface area contributed by atoms with E-state index in [0.29, 0.717) is 137 Å². The quantitative estimate of drug-likeness (QED) is 0.0196. The van der Waals surface area contributed by atoms with Crippen molar-refractivity contribution >= 4 is 82.6 Å². The number of carboxylic acids is 2. The van der Waals surface area contributed by atoms with E-state index in [2.05, 4.69) is 73.2 Å². The minimum Gasteiger partial charge on any atom is -0.492 e. The van der Waals surface area contributed by atoms with Crippen LogP contribution in [0.1, 0.15) is 199 Å². The first-order chi connectivity index (χ1) is 66.5. The molecule has 10 amide bonds. The van der Waals surface area contributed by atoms with Crippen LogP contribution in [-0.2, 0) is 105 Å². The number of rotatable bonds is 78. The average molecular weight is 1960 g/mol. The first-order valence-corrected chi connectivity index (χ1v) is 46.8. The van der Waals surface area contributed by atoms with Crippen LogP contribution in [0.3, 0.4) is 0 Å². The highest BCUT2D eigenvalue weighted by molar-refractivity contribution is 6.02. The number of benzene rings is 2. The second-order valence-electron chi connectivity index (χ2n) is 31.7. The van der Waals surface area contributed by atoms with Crippen LogP contribution in [0.15, 0.2) is 46.6 Å². The largest absolute Gasteiger partial charge is 0.492 e. The summed E-state index contributed by atoms with van der Waals surface area (Å²) in [5.41, 5.74) is 16.6. The summed E-state index contributed by atoms with van der Waals surface area (Å²) in [4.78, 5) is 178. The molecule has 14 N–H and O–H groups in total. The van der Waals surface area contributed by atoms with Crippen LogP contribution in [0.2, 0.25) is 0 Å². The molecule has 10 atom stereocenters. The first-order valence-electron chi connectivity index (χ1n) is 46.8. The normalized spacial score (nSPS) is 17.5. The number of carboxylic acid groups (broad SMARTS) is 2. The smallest absolute Gasteiger partial charge is 0.305 e. The van der Waals surface area contributed by atoms with Crippen LogP contribution in [-0.4, -0.2) is 350 Å². The molecule has 4 rings (SSSR count). The molecule has 2 aliphatic heterocycles. The van der Waals surface area contributed by atoms with Gasteiger partial charge < -0.3 is 140 Å². The summed E-state index contributed by atoms with van der Waals surface area (Å²) < 4.78 is 78.1. The molecule has 0 radical (unpaired) electrons. The fourth-order valence-electron chi connectivity index (χ4n) is 13.3. The predicted molar refractivity (Wildman–Crippen MR) is 494 cm³/mol. The van der Waals surface area contributed by atoms with Gasteiger partial charge in [-0.05, 0) is 98.8 Å². The second-order valence-corrected chi connectivity index (χ2v) is 31.7. The number of hydrogen-bond acceptors (Lipinski definition) is 32. The summed E-state index contributed by atoms with van der Waals surface area (Å²) in [6.07, 6.45) is 0.650. The third-order valence-corrected chi connectivity index (χ3v) is 20.6. The molecule has 0 saturated carbocycles. The Morgan fingerprint density at radius 2 is 0.645 bits per heavy atom. The Balaban J connectivity index is 0.000000908. The number of azide groups is 2. The van der Waals surface area contributed by atoms with E-state index in [1.807, 2.05) is 27.7 Å². The number of aliphatic hydroxyl groups is 2. The van der Waals surface area contributed by atoms with Crippen LogP contribution >= 0.6 is 0 Å². The highest BCUT2D eigenvalue weighted by Crippen LogP contribution is 2.31. The zero-order valence-corrected chi connectivity index (χ0v) is 80.1. The number of carbonyl (C=O) groups is 14. The Bertz CT molecular complexity index is 3890. The number of aliphatic hydroxyl groups excluding tert-OH is 2. The molecule has 2 aliphatic rings. The van der Waals surface area contributed by atoms with E-state index in [-0.39, 0.29) is 269 Å². The van der Waals surface area contributed by atoms with Crippen LogP contribution < -0.4 is 62.6 Å². The van der Waals surface area contributed by atoms with Crippen molar-refractivity contribution < 1.29 is 154 Å². The van der Waals surface area contributed by atoms with Gasteiger partial charge in [-0.3, -0.25) is 67.1 Å². The van der Waals surface area contributed by atoms with Crippen LogP contribution in [0.25, 0.3) is 20.9 Å². The van der Waals surface area contributed by atoms with Gasteiger partial charge in [-0.1, -0.05) is 37.9 Å². The Kier molecular flexibility index (Phi) is 66.8. The molecule has 776 valence electrons. The fraction of sp³-hybridized carbons (Fsp3) is 0.711. The highest BCUT2D eigenvalue weighted by atomic mass is 16.7. The molecule has 2 saturated heterocycles. The Morgan fingerprint density at radius 3 is 0.949 bits per heavy atom. The maximum Gasteiger partial charge on any atom is 0.305 e. The number of Topliss-reactive ketones (excluding diaryl/α,β-unsaturated/α-hetero) is 2. The summed E-state index contributed by atoms with van der Waals surface area (Å²) in [6, 6.07) is 7.15. The SMILES string of the molecule is CCC1OC(OCCCCC(=O)NCCCC(=O)CCNC(=O)c2cc(OCCNC(=O)CCOCCOCCOCCOCCN=[N+]=[N-])cc(C(=O)NCCC(=O)CCCNC(=O)CCCCOC3OC(CC)C(O)C(C)C3NC(C)=O)c2)C(NC(C)=O)C(C)C1O.[N-]=[N+]=NCCOCCOCCOCCOCCC(=O)NCCOc1cc(C(=O)NCCC(=O)O)cc(C(=O)NCCC(=O)O)c1. The van der Waals surface area contributed by atoms with Gasteiger partial charge in [0.15, 0.2) is 12.6 Å². The number of unbranched alkanes of at least 4 members (excludes halogenated alkanes) is 2. The number of hydrogen-bond donors (Lipinski definition) is 14. The van der Waals surface area contributed by atoms with E-state index >= 15 is 0 Å². The molecule has 0 aromatic heterocycles. The second kappa shape index (κ2) is 76.0. The molecule has 138 heavy (non-hydrogen) atoms. The standard InChI is InChI=1S/C63H104N10O20.C27H40N6O12/c1-7-51-58(81)42(3)56(71-44(5)74)62(92-51)90-28-11-9-17-53(78)65-22-13-15-48(76)19-24-68-60(83)46-39-47(41-50(40-46)89-32-26-67-55(80)21-30-85-33-35-87-37-38-88-36-34-86-31-27-70-73-64)61(84)69-25-20-49(77)16-14-23-66-54(79)18-10-12-29-91-63-57(72-45(6)75)43(4)59(82)52(8-2)93-63;28-33-32-7-9-42-12-14-44-16-15-43-13-11-41-8-3-23(34)29-6-10-45-22-18-20(26(39)30-4-1-24(35)36)17-21(19-22)27(40)31-5-2-25(37)38/h39-43,51-52,56-59,62-63,81-82H,7-38H2,1-6H3,(H,65,78)(H,66,79)(H,67,80)(H,68,83)(H,69,84)(H,71,74)(H,72,75);17-19H,1-16H2,(H,29,34)(H,30,39)(H,31,40)(H,35,36)(H,37,38). The van der Waals surface area contributed by atoms with E-state index < -0.39 is 84.6 Å². The zero-order valence-electron chi connectivity index (χ0n) is 80.1. The van der Waals surface area contributed by atoms with Crippen molar-refractivity contribution in [3.05, 3.63) is 79.5 Å². The van der Waals surface area contributed by atoms with Gasteiger partial charge in [0.1, 0.15) is 36.3 Å². The number of nitrogens with one attached hydrogen (secondary N) is 10. The molecule has 0 bridgehead atoms. The molecule has 0 spiro atoms. The molecule has 2 heterocycles. The fourth-order valence-corrected chi connectivity index (χ4v) is 13.3. The zero-order chi connectivity index (χ0) is 101. The van der Waals surface area contributed by atoms with Crippen molar-refractivity contribution in [2.75, 3.05) is 198 Å². The molecule has 2 fully saturated rings. The van der Waals surface area contributed by atoms with Crippen molar-refractivity contribution in [1.29, 1.82) is 0 Å². The Hall–Kier alpha value is -10.9. The number of carbonyl (C=O) groups excluding carboxylic acids is 12. The number of ketones is 2. The Morgan fingerprint density at radius 1 is 0.348 bits per heavy atom. The van der Waals surface area contributed by atoms with E-state index in [1.165, 1.54) is 50.2 Å². The van der Waals surface area contributed by atoms with Gasteiger partial charge in [-0.2, -0.15) is 0 Å². The third-order valence-electron chi connectivity index (χ3n) is 20.6. The predicted octanol–water partition coefficient (Wildman–Crippen LogP) is 3.12. The number of aliphatic carboxylic acids is 2. The summed E-state index contributed by atoms with van der Waals surface area (Å²) in [5, 5.41) is 72.4. The summed E-state index contributed by atoms with van der Waals surface area (Å²) in [6.45, 7) is 17.0. The summed E-state index contributed by atoms with van der Waals surface area (Å²) in [7, 11) is 0. The van der Waals surface area contributed by atoms with Crippen molar-refractivity contribution in [1.82, 2.24) is 53.2 Å². The lowest BCUT2D eigenvalue weighted by atomic mass is 9.87. The number of amides is 10. The molecule has 2 aromatic carbocycles. The lowest BCUT2D eigenvalue weighted by Gasteiger charge is -2.43. The van der Waals surface area contributed by atoms with Gasteiger partial charge in [0.2, 0.25) is 35.4 Å². The lowest BCUT2D eigenvalue weighted by Crippen LogP contribution is -2.60. The van der Waals surface area contributed by atoms with Gasteiger partial charge in [0.05, 0.1) is 168 Å². The van der Waals surface area contributed by atoms with Gasteiger partial charge in [-0.25, -0.2) is 0 Å². The molecule has 48 nitrogen and oxygen atoms in total. The monoisotopic (exact) mass is 1960 g/mol. The molecule has 0 aliphatic carbocycles. The third kappa shape index (κ3) is 57.5. The van der Waals surface area contributed by atoms with E-state index in [9.17, 15) is 77.3 Å². The van der Waals surface area contributed by atoms with Crippen molar-refractivity contribution in [3.63, 3.8) is 0 Å². The Labute approximate surface area is 803 Å². The van der Waals surface area contributed by atoms with Crippen molar-refractivity contribution in [3.8, 4) is 11.5 Å². The van der Waals surface area contributed by atoms with E-state index in [0.717, 1.165) is 0 Å². The minimum atomic E-state index is -1.09. The maximum atomic E-state index is 13.5. The van der Waals surface area contributed by atoms with Gasteiger partial charge in [-0.15, -0.1) is 0 Å². The van der Waals surface area contributed by atoms with Gasteiger partial charge >= 0.3 is 11.9 Å². The molecular weight excluding hydrogens is 1820 g/mol. The van der Waals surface area contributed by atoms with Crippen molar-refractivity contribution in [2.24, 2.45) is 22.1 Å². The van der Waals surface area contributed by atoms with E-state index in [1.54, 1.807) is 0 Å². The molecule has 48 heteroatoms. The first kappa shape index (κ1) is 121. The van der Waals surface area contributed by atoms with Crippen molar-refractivity contribution in [2.45, 2.75) is 206 Å². The van der Waals surface area contributed by atoms with Crippen LogP contribution in [0.4, 0.5) is 0 Å². The van der Waals surface area contributed by atoms with Gasteiger partial charge in [0, 0.05) is 175 Å². The van der Waals surface area contributed by atoms with E-state index in [4.69, 9.17) is 87.6 Å². The summed E-state index contributed by atoms with van der Waals surface area (Å²) >= 11 is 0. The van der Waals surface area contributed by atoms with Crippen LogP contribution in [0, 0.1) is 11.8 Å². The topological polar surface area (TPSA) is 667 Å². The summed E-state index contributed by atoms with van der Waals surface area (Å²) in [5.74, 6) is -6.66. The van der Waals surface area contributed by atoms with Gasteiger partial charge in [0.25, 0.3) is 23.6 Å².